The Balaban J connectivity index is 0.000000717. The Morgan fingerprint density at radius 1 is 1.08 bits per heavy atom. The topological polar surface area (TPSA) is 316 Å². The molecule has 9 N–H and O–H groups in total. The molecule has 1 saturated heterocycles. The van der Waals surface area contributed by atoms with Gasteiger partial charge in [-0.25, -0.2) is 33.4 Å². The fraction of sp³-hybridized carbons (Fsp3) is 0.500. The van der Waals surface area contributed by atoms with Crippen LogP contribution in [0.3, 0.4) is 0 Å². The fourth-order valence-corrected chi connectivity index (χ4v) is 5.65. The van der Waals surface area contributed by atoms with Crippen LogP contribution in [0.4, 0.5) is 5.82 Å². The van der Waals surface area contributed by atoms with Crippen LogP contribution < -0.4 is 5.73 Å². The van der Waals surface area contributed by atoms with Crippen molar-refractivity contribution in [1.29, 1.82) is 0 Å². The highest BCUT2D eigenvalue weighted by Gasteiger charge is 2.47. The van der Waals surface area contributed by atoms with Crippen molar-refractivity contribution in [3.8, 4) is 0 Å². The molecule has 210 valence electrons. The van der Waals surface area contributed by atoms with Crippen LogP contribution in [0.5, 0.6) is 0 Å². The molecule has 20 nitrogen and oxygen atoms in total. The van der Waals surface area contributed by atoms with Gasteiger partial charge in [0.05, 0.1) is 12.9 Å². The monoisotopic (exact) mass is 635 g/mol. The van der Waals surface area contributed by atoms with E-state index in [9.17, 15) is 33.6 Å². The van der Waals surface area contributed by atoms with Crippen LogP contribution in [-0.2, 0) is 36.4 Å². The molecule has 0 spiro atoms. The summed E-state index contributed by atoms with van der Waals surface area (Å²) in [6.07, 6.45) is -3.69. The van der Waals surface area contributed by atoms with E-state index in [1.54, 1.807) is 0 Å². The van der Waals surface area contributed by atoms with E-state index in [0.717, 1.165) is 6.33 Å². The fourth-order valence-electron chi connectivity index (χ4n) is 2.62. The van der Waals surface area contributed by atoms with Crippen LogP contribution in [0.25, 0.3) is 11.2 Å². The third kappa shape index (κ3) is 9.14. The maximum atomic E-state index is 11.8. The molecule has 0 aromatic carbocycles. The molecule has 3 heterocycles. The number of phosphoric acid groups is 3. The number of halogens is 2. The second-order valence-corrected chi connectivity index (χ2v) is 12.2. The number of aliphatic hydroxyl groups excluding tert-OH is 2. The number of alkyl halides is 2. The summed E-state index contributed by atoms with van der Waals surface area (Å²) in [5, 5.41) is 28.1. The number of aliphatic carboxylic acids is 1. The minimum atomic E-state index is -5.70. The van der Waals surface area contributed by atoms with E-state index in [1.807, 2.05) is 0 Å². The molecule has 0 bridgehead atoms. The Labute approximate surface area is 215 Å². The van der Waals surface area contributed by atoms with Crippen LogP contribution in [-0.4, -0.2) is 90.1 Å². The molecule has 25 heteroatoms. The Hall–Kier alpha value is -1.31. The lowest BCUT2D eigenvalue weighted by molar-refractivity contribution is -0.135. The first-order valence-corrected chi connectivity index (χ1v) is 14.5. The van der Waals surface area contributed by atoms with Gasteiger partial charge in [0.1, 0.15) is 30.2 Å². The van der Waals surface area contributed by atoms with E-state index in [2.05, 4.69) is 28.1 Å². The summed E-state index contributed by atoms with van der Waals surface area (Å²) in [6, 6.07) is 0. The van der Waals surface area contributed by atoms with Gasteiger partial charge in [-0.3, -0.25) is 9.09 Å². The lowest BCUT2D eigenvalue weighted by atomic mass is 10.1. The van der Waals surface area contributed by atoms with E-state index < -0.39 is 65.4 Å². The molecule has 1 aliphatic heterocycles. The van der Waals surface area contributed by atoms with Gasteiger partial charge in [-0.1, -0.05) is 23.2 Å². The van der Waals surface area contributed by atoms with Gasteiger partial charge in [0, 0.05) is 0 Å². The van der Waals surface area contributed by atoms with Crippen LogP contribution in [0.15, 0.2) is 12.7 Å². The van der Waals surface area contributed by atoms with E-state index in [1.165, 1.54) is 10.9 Å². The van der Waals surface area contributed by atoms with Crippen molar-refractivity contribution in [2.24, 2.45) is 0 Å². The Morgan fingerprint density at radius 3 is 2.22 bits per heavy atom. The van der Waals surface area contributed by atoms with Crippen molar-refractivity contribution < 1.29 is 71.3 Å². The number of imidazole rings is 1. The van der Waals surface area contributed by atoms with Crippen LogP contribution in [0.2, 0.25) is 0 Å². The van der Waals surface area contributed by atoms with Gasteiger partial charge in [0.2, 0.25) is 4.84 Å². The molecule has 0 aliphatic carbocycles. The van der Waals surface area contributed by atoms with Crippen molar-refractivity contribution in [3.05, 3.63) is 12.7 Å². The number of rotatable bonds is 9. The van der Waals surface area contributed by atoms with Gasteiger partial charge in [-0.05, 0) is 0 Å². The number of carbonyl (C=O) groups is 1. The molecule has 0 radical (unpaired) electrons. The second-order valence-electron chi connectivity index (χ2n) is 6.65. The number of aromatic nitrogens is 4. The van der Waals surface area contributed by atoms with Gasteiger partial charge >= 0.3 is 29.4 Å². The lowest BCUT2D eigenvalue weighted by Crippen LogP contribution is -2.33. The zero-order valence-electron chi connectivity index (χ0n) is 17.6. The second kappa shape index (κ2) is 12.3. The normalized spacial score (nSPS) is 25.3. The molecule has 2 unspecified atom stereocenters. The smallest absolute Gasteiger partial charge is 0.479 e. The van der Waals surface area contributed by atoms with Gasteiger partial charge in [-0.2, -0.15) is 8.62 Å². The summed E-state index contributed by atoms with van der Waals surface area (Å²) >= 11 is 9.56. The zero-order chi connectivity index (χ0) is 28.3. The number of hydrogen-bond donors (Lipinski definition) is 8. The molecule has 1 fully saturated rings. The number of phosphoric ester groups is 1. The molecule has 3 rings (SSSR count). The van der Waals surface area contributed by atoms with E-state index in [4.69, 9.17) is 53.5 Å². The summed E-state index contributed by atoms with van der Waals surface area (Å²) < 4.78 is 51.9. The number of carboxylic acid groups (broad SMARTS) is 1. The van der Waals surface area contributed by atoms with Crippen LogP contribution in [0.1, 0.15) is 6.23 Å². The molecular formula is C12H18Cl2N5O15P3. The number of nitrogens with zero attached hydrogens (tertiary/aromatic N) is 4. The Bertz CT molecular complexity index is 1260. The maximum Gasteiger partial charge on any atom is 0.490 e. The summed E-state index contributed by atoms with van der Waals surface area (Å²) in [6.45, 7) is -0.956. The third-order valence-corrected chi connectivity index (χ3v) is 8.18. The van der Waals surface area contributed by atoms with Crippen LogP contribution >= 0.6 is 46.7 Å². The van der Waals surface area contributed by atoms with Crippen molar-refractivity contribution in [2.45, 2.75) is 29.4 Å². The van der Waals surface area contributed by atoms with Gasteiger partial charge in [-0.15, -0.1) is 0 Å². The lowest BCUT2D eigenvalue weighted by Gasteiger charge is -2.19. The Morgan fingerprint density at radius 2 is 1.68 bits per heavy atom. The number of hydrogen-bond acceptors (Lipinski definition) is 14. The molecule has 1 aliphatic rings. The molecule has 0 saturated carbocycles. The van der Waals surface area contributed by atoms with Crippen LogP contribution in [0, 0.1) is 0 Å². The van der Waals surface area contributed by atoms with Gasteiger partial charge < -0.3 is 45.4 Å². The van der Waals surface area contributed by atoms with Gasteiger partial charge in [0.15, 0.2) is 17.7 Å². The summed E-state index contributed by atoms with van der Waals surface area (Å²) in [5.41, 5.74) is 6.00. The molecule has 2 aromatic rings. The highest BCUT2D eigenvalue weighted by Crippen LogP contribution is 2.66. The van der Waals surface area contributed by atoms with E-state index in [0.29, 0.717) is 0 Å². The summed E-state index contributed by atoms with van der Waals surface area (Å²) in [5.74, 6) is -1.17. The Kier molecular flexibility index (Phi) is 10.6. The minimum absolute atomic E-state index is 0.0426. The number of fused-ring (bicyclic) bond motifs is 1. The first kappa shape index (κ1) is 31.9. The van der Waals surface area contributed by atoms with Gasteiger partial charge in [0.25, 0.3) is 0 Å². The first-order chi connectivity index (χ1) is 16.8. The highest BCUT2D eigenvalue weighted by atomic mass is 35.5. The maximum absolute atomic E-state index is 11.8. The summed E-state index contributed by atoms with van der Waals surface area (Å²) in [7, 11) is -16.7. The van der Waals surface area contributed by atoms with Crippen molar-refractivity contribution in [2.75, 3.05) is 12.3 Å². The number of nitrogens with two attached hydrogens (primary N) is 1. The number of aliphatic hydroxyl groups is 2. The highest BCUT2D eigenvalue weighted by molar-refractivity contribution is 7.66. The predicted molar refractivity (Wildman–Crippen MR) is 119 cm³/mol. The molecular weight excluding hydrogens is 618 g/mol. The standard InChI is InChI=1S/C10H16N5O13P3.C2H2Cl2O2/c11-8-5-9(13-2-12-8)15(3-14-5)10-7(17)6(16)4(26-10)1-25-30(21,22)28-31(23,24)27-29(18,19)20;3-1(4)2(5)6/h2-4,6-7,10,16-17H,1H2,(H,21,22)(H,23,24)(H2,11,12,13)(H2,18,19,20);1H,(H,5,6)/t4-,6-,7-,10-;/m1./s1. The average molecular weight is 636 g/mol. The third-order valence-electron chi connectivity index (χ3n) is 4.00. The average Bonchev–Trinajstić information content (AvgIpc) is 3.27. The number of anilines is 1. The molecule has 37 heavy (non-hydrogen) atoms. The largest absolute Gasteiger partial charge is 0.490 e. The number of carboxylic acids is 1. The zero-order valence-corrected chi connectivity index (χ0v) is 21.8. The van der Waals surface area contributed by atoms with Crippen molar-refractivity contribution in [3.63, 3.8) is 0 Å². The molecule has 2 aromatic heterocycles. The molecule has 6 atom stereocenters. The predicted octanol–water partition coefficient (Wildman–Crippen LogP) is -0.754. The summed E-state index contributed by atoms with van der Waals surface area (Å²) in [4.78, 5) is 55.4. The quantitative estimate of drug-likeness (QED) is 0.124. The van der Waals surface area contributed by atoms with E-state index in [-0.39, 0.29) is 17.0 Å². The first-order valence-electron chi connectivity index (χ1n) is 9.07. The molecule has 0 amide bonds. The van der Waals surface area contributed by atoms with Crippen molar-refractivity contribution in [1.82, 2.24) is 19.5 Å². The van der Waals surface area contributed by atoms with E-state index >= 15 is 0 Å². The van der Waals surface area contributed by atoms with Crippen molar-refractivity contribution >= 4 is 69.6 Å². The minimum Gasteiger partial charge on any atom is -0.479 e. The number of nitrogen functional groups attached to an aromatic ring is 1. The number of ether oxygens (including phenoxy) is 1. The SMILES string of the molecule is Nc1ncnc2c1ncn2[C@@H]1O[C@H](COP(=O)(O)OP(=O)(O)OP(=O)(O)O)[C@@H](O)[C@H]1O.O=C(O)C(Cl)Cl.